The van der Waals surface area contributed by atoms with Crippen LogP contribution in [0.4, 0.5) is 0 Å². The number of nitrogens with one attached hydrogen (secondary N) is 1. The van der Waals surface area contributed by atoms with Gasteiger partial charge in [0.1, 0.15) is 12.6 Å². The van der Waals surface area contributed by atoms with Gasteiger partial charge in [-0.3, -0.25) is 9.59 Å². The van der Waals surface area contributed by atoms with Crippen molar-refractivity contribution in [2.75, 3.05) is 13.2 Å². The van der Waals surface area contributed by atoms with Crippen molar-refractivity contribution in [2.45, 2.75) is 19.4 Å². The van der Waals surface area contributed by atoms with Gasteiger partial charge in [0.15, 0.2) is 11.5 Å². The molecule has 20 heavy (non-hydrogen) atoms. The molecule has 0 aliphatic rings. The van der Waals surface area contributed by atoms with Crippen molar-refractivity contribution in [2.24, 2.45) is 0 Å². The standard InChI is InChI=1S/C13H17NO6/c1-8(15)20-5-4-14-10(13(18)19)6-9-2-3-11(16)12(17)7-9/h2-3,7,10,14,16-17H,4-6H2,1H3,(H,18,19)/t10-/m0/s1. The first-order valence-corrected chi connectivity index (χ1v) is 6.00. The SMILES string of the molecule is CC(=O)OCCN[C@@H](Cc1ccc(O)c(O)c1)C(=O)O. The van der Waals surface area contributed by atoms with Crippen LogP contribution in [0.15, 0.2) is 18.2 Å². The van der Waals surface area contributed by atoms with E-state index in [1.54, 1.807) is 0 Å². The highest BCUT2D eigenvalue weighted by Gasteiger charge is 2.17. The van der Waals surface area contributed by atoms with Crippen molar-refractivity contribution in [1.29, 1.82) is 0 Å². The highest BCUT2D eigenvalue weighted by atomic mass is 16.5. The van der Waals surface area contributed by atoms with Crippen LogP contribution in [-0.2, 0) is 20.7 Å². The van der Waals surface area contributed by atoms with Crippen LogP contribution in [-0.4, -0.2) is 46.5 Å². The van der Waals surface area contributed by atoms with Gasteiger partial charge in [0.25, 0.3) is 0 Å². The lowest BCUT2D eigenvalue weighted by Crippen LogP contribution is -2.40. The number of aliphatic carboxylic acids is 1. The van der Waals surface area contributed by atoms with E-state index in [1.807, 2.05) is 0 Å². The number of benzene rings is 1. The van der Waals surface area contributed by atoms with Crippen LogP contribution in [0.3, 0.4) is 0 Å². The Morgan fingerprint density at radius 1 is 1.30 bits per heavy atom. The van der Waals surface area contributed by atoms with E-state index in [2.05, 4.69) is 10.1 Å². The number of aromatic hydroxyl groups is 2. The molecule has 7 nitrogen and oxygen atoms in total. The van der Waals surface area contributed by atoms with Gasteiger partial charge in [-0.15, -0.1) is 0 Å². The van der Waals surface area contributed by atoms with Gasteiger partial charge < -0.3 is 25.4 Å². The first-order valence-electron chi connectivity index (χ1n) is 6.00. The van der Waals surface area contributed by atoms with Crippen LogP contribution in [0.1, 0.15) is 12.5 Å². The molecule has 0 aliphatic carbocycles. The number of esters is 1. The molecular formula is C13H17NO6. The third-order valence-electron chi connectivity index (χ3n) is 2.58. The summed E-state index contributed by atoms with van der Waals surface area (Å²) < 4.78 is 4.69. The summed E-state index contributed by atoms with van der Waals surface area (Å²) in [5.74, 6) is -2.04. The maximum absolute atomic E-state index is 11.1. The molecule has 0 fully saturated rings. The Kier molecular flexibility index (Phi) is 5.79. The van der Waals surface area contributed by atoms with Gasteiger partial charge in [0.05, 0.1) is 0 Å². The highest BCUT2D eigenvalue weighted by molar-refractivity contribution is 5.74. The fourth-order valence-electron chi connectivity index (χ4n) is 1.61. The van der Waals surface area contributed by atoms with Crippen molar-refractivity contribution >= 4 is 11.9 Å². The fraction of sp³-hybridized carbons (Fsp3) is 0.385. The predicted molar refractivity (Wildman–Crippen MR) is 69.5 cm³/mol. The molecule has 0 heterocycles. The first-order chi connectivity index (χ1) is 9.40. The van der Waals surface area contributed by atoms with E-state index in [0.717, 1.165) is 0 Å². The van der Waals surface area contributed by atoms with Gasteiger partial charge in [0, 0.05) is 13.5 Å². The van der Waals surface area contributed by atoms with E-state index in [4.69, 9.17) is 5.11 Å². The van der Waals surface area contributed by atoms with Crippen LogP contribution in [0, 0.1) is 0 Å². The van der Waals surface area contributed by atoms with Crippen molar-refractivity contribution in [3.8, 4) is 11.5 Å². The Balaban J connectivity index is 2.56. The number of hydrogen-bond acceptors (Lipinski definition) is 6. The summed E-state index contributed by atoms with van der Waals surface area (Å²) in [5, 5.41) is 30.4. The largest absolute Gasteiger partial charge is 0.504 e. The molecule has 0 saturated carbocycles. The molecule has 0 amide bonds. The number of carboxylic acids is 1. The van der Waals surface area contributed by atoms with E-state index in [9.17, 15) is 19.8 Å². The highest BCUT2D eigenvalue weighted by Crippen LogP contribution is 2.25. The topological polar surface area (TPSA) is 116 Å². The minimum Gasteiger partial charge on any atom is -0.504 e. The van der Waals surface area contributed by atoms with Gasteiger partial charge >= 0.3 is 11.9 Å². The van der Waals surface area contributed by atoms with Crippen molar-refractivity contribution < 1.29 is 29.6 Å². The molecule has 1 aromatic carbocycles. The number of rotatable bonds is 7. The Morgan fingerprint density at radius 3 is 2.55 bits per heavy atom. The summed E-state index contributed by atoms with van der Waals surface area (Å²) in [6.07, 6.45) is 0.128. The summed E-state index contributed by atoms with van der Waals surface area (Å²) in [6.45, 7) is 1.56. The number of carboxylic acid groups (broad SMARTS) is 1. The summed E-state index contributed by atoms with van der Waals surface area (Å²) >= 11 is 0. The molecule has 0 radical (unpaired) electrons. The van der Waals surface area contributed by atoms with Crippen molar-refractivity contribution in [3.63, 3.8) is 0 Å². The lowest BCUT2D eigenvalue weighted by Gasteiger charge is -2.14. The number of carbonyl (C=O) groups is 2. The average molecular weight is 283 g/mol. The Morgan fingerprint density at radius 2 is 2.00 bits per heavy atom. The molecule has 1 rings (SSSR count). The summed E-state index contributed by atoms with van der Waals surface area (Å²) in [6, 6.07) is 3.25. The minimum absolute atomic E-state index is 0.0833. The number of phenols is 2. The molecule has 0 aromatic heterocycles. The van der Waals surface area contributed by atoms with E-state index in [1.165, 1.54) is 25.1 Å². The maximum atomic E-state index is 11.1. The normalized spacial score (nSPS) is 11.8. The monoisotopic (exact) mass is 283 g/mol. The average Bonchev–Trinajstić information content (AvgIpc) is 2.36. The third kappa shape index (κ3) is 5.15. The van der Waals surface area contributed by atoms with Crippen LogP contribution >= 0.6 is 0 Å². The smallest absolute Gasteiger partial charge is 0.321 e. The quantitative estimate of drug-likeness (QED) is 0.322. The predicted octanol–water partition coefficient (Wildman–Crippen LogP) is 0.246. The van der Waals surface area contributed by atoms with E-state index >= 15 is 0 Å². The molecule has 1 atom stereocenters. The van der Waals surface area contributed by atoms with Gasteiger partial charge in [-0.25, -0.2) is 0 Å². The van der Waals surface area contributed by atoms with Crippen molar-refractivity contribution in [1.82, 2.24) is 5.32 Å². The van der Waals surface area contributed by atoms with E-state index in [0.29, 0.717) is 5.56 Å². The van der Waals surface area contributed by atoms with Gasteiger partial charge in [-0.2, -0.15) is 0 Å². The number of hydrogen-bond donors (Lipinski definition) is 4. The lowest BCUT2D eigenvalue weighted by atomic mass is 10.1. The fourth-order valence-corrected chi connectivity index (χ4v) is 1.61. The van der Waals surface area contributed by atoms with Crippen molar-refractivity contribution in [3.05, 3.63) is 23.8 Å². The zero-order chi connectivity index (χ0) is 15.1. The molecule has 4 N–H and O–H groups in total. The summed E-state index contributed by atoms with van der Waals surface area (Å²) in [5.41, 5.74) is 0.563. The van der Waals surface area contributed by atoms with E-state index in [-0.39, 0.29) is 31.1 Å². The maximum Gasteiger partial charge on any atom is 0.321 e. The molecule has 0 bridgehead atoms. The number of carbonyl (C=O) groups excluding carboxylic acids is 1. The Hall–Kier alpha value is -2.28. The van der Waals surface area contributed by atoms with Crippen LogP contribution in [0.25, 0.3) is 0 Å². The van der Waals surface area contributed by atoms with Gasteiger partial charge in [-0.05, 0) is 24.1 Å². The second kappa shape index (κ2) is 7.34. The molecule has 0 unspecified atom stereocenters. The lowest BCUT2D eigenvalue weighted by molar-refractivity contribution is -0.141. The van der Waals surface area contributed by atoms with Crippen LogP contribution < -0.4 is 5.32 Å². The number of ether oxygens (including phenoxy) is 1. The molecule has 0 saturated heterocycles. The van der Waals surface area contributed by atoms with Gasteiger partial charge in [-0.1, -0.05) is 6.07 Å². The zero-order valence-electron chi connectivity index (χ0n) is 11.0. The molecule has 7 heteroatoms. The second-order valence-corrected chi connectivity index (χ2v) is 4.21. The molecule has 110 valence electrons. The minimum atomic E-state index is -1.06. The Labute approximate surface area is 115 Å². The van der Waals surface area contributed by atoms with Crippen LogP contribution in [0.2, 0.25) is 0 Å². The van der Waals surface area contributed by atoms with Gasteiger partial charge in [0.2, 0.25) is 0 Å². The number of phenolic OH excluding ortho intramolecular Hbond substituents is 2. The molecule has 0 spiro atoms. The third-order valence-corrected chi connectivity index (χ3v) is 2.58. The zero-order valence-corrected chi connectivity index (χ0v) is 11.0. The molecular weight excluding hydrogens is 266 g/mol. The first kappa shape index (κ1) is 15.8. The second-order valence-electron chi connectivity index (χ2n) is 4.21. The van der Waals surface area contributed by atoms with E-state index < -0.39 is 18.0 Å². The van der Waals surface area contributed by atoms with Crippen LogP contribution in [0.5, 0.6) is 11.5 Å². The summed E-state index contributed by atoms with van der Waals surface area (Å²) in [7, 11) is 0. The molecule has 1 aromatic rings. The Bertz CT molecular complexity index is 488. The summed E-state index contributed by atoms with van der Waals surface area (Å²) in [4.78, 5) is 21.7. The molecule has 0 aliphatic heterocycles.